The first-order valence-electron chi connectivity index (χ1n) is 5.77. The van der Waals surface area contributed by atoms with Crippen LogP contribution in [0.4, 0.5) is 0 Å². The molecule has 0 radical (unpaired) electrons. The lowest BCUT2D eigenvalue weighted by Gasteiger charge is -2.28. The predicted octanol–water partition coefficient (Wildman–Crippen LogP) is 0.726. The van der Waals surface area contributed by atoms with Gasteiger partial charge in [0.1, 0.15) is 11.3 Å². The summed E-state index contributed by atoms with van der Waals surface area (Å²) in [6.07, 6.45) is -0.541. The van der Waals surface area contributed by atoms with Gasteiger partial charge < -0.3 is 25.4 Å². The largest absolute Gasteiger partial charge is 0.508 e. The van der Waals surface area contributed by atoms with Gasteiger partial charge in [0.05, 0.1) is 0 Å². The minimum absolute atomic E-state index is 0.0240. The van der Waals surface area contributed by atoms with E-state index < -0.39 is 17.8 Å². The molecule has 0 aliphatic carbocycles. The van der Waals surface area contributed by atoms with Crippen molar-refractivity contribution in [2.45, 2.75) is 24.7 Å². The van der Waals surface area contributed by atoms with E-state index in [1.165, 1.54) is 26.4 Å². The number of hydrogen-bond donors (Lipinski definition) is 3. The molecule has 0 unspecified atom stereocenters. The zero-order chi connectivity index (χ0) is 14.5. The maximum absolute atomic E-state index is 11.4. The van der Waals surface area contributed by atoms with Gasteiger partial charge in [0.15, 0.2) is 6.29 Å². The molecule has 6 heteroatoms. The summed E-state index contributed by atoms with van der Waals surface area (Å²) in [7, 11) is 2.86. The standard InChI is InChI=1S/C13H19NO5/c1-18-11(19-2)8-13(14,12(16)17)7-9-3-5-10(15)6-4-9/h3-6,11,15H,7-8,14H2,1-2H3,(H,16,17)/t13-/m1/s1. The highest BCUT2D eigenvalue weighted by molar-refractivity contribution is 5.79. The van der Waals surface area contributed by atoms with Crippen molar-refractivity contribution in [3.8, 4) is 5.75 Å². The second-order valence-electron chi connectivity index (χ2n) is 4.41. The Hall–Kier alpha value is -1.63. The molecule has 1 aromatic carbocycles. The predicted molar refractivity (Wildman–Crippen MR) is 68.8 cm³/mol. The monoisotopic (exact) mass is 269 g/mol. The normalized spacial score (nSPS) is 14.3. The fourth-order valence-electron chi connectivity index (χ4n) is 1.77. The van der Waals surface area contributed by atoms with E-state index in [1.54, 1.807) is 12.1 Å². The molecule has 1 aromatic rings. The second kappa shape index (κ2) is 6.51. The fourth-order valence-corrected chi connectivity index (χ4v) is 1.77. The number of aromatic hydroxyl groups is 1. The van der Waals surface area contributed by atoms with E-state index in [2.05, 4.69) is 0 Å². The highest BCUT2D eigenvalue weighted by Crippen LogP contribution is 2.20. The fraction of sp³-hybridized carbons (Fsp3) is 0.462. The number of methoxy groups -OCH3 is 2. The third-order valence-corrected chi connectivity index (χ3v) is 2.94. The topological polar surface area (TPSA) is 102 Å². The maximum atomic E-state index is 11.4. The average molecular weight is 269 g/mol. The van der Waals surface area contributed by atoms with Crippen molar-refractivity contribution in [2.75, 3.05) is 14.2 Å². The van der Waals surface area contributed by atoms with Crippen LogP contribution in [0.2, 0.25) is 0 Å². The van der Waals surface area contributed by atoms with E-state index >= 15 is 0 Å². The molecule has 0 saturated heterocycles. The van der Waals surface area contributed by atoms with Gasteiger partial charge in [-0.05, 0) is 17.7 Å². The molecule has 0 fully saturated rings. The van der Waals surface area contributed by atoms with Crippen molar-refractivity contribution in [3.05, 3.63) is 29.8 Å². The van der Waals surface area contributed by atoms with Crippen molar-refractivity contribution >= 4 is 5.97 Å². The Balaban J connectivity index is 2.87. The van der Waals surface area contributed by atoms with Crippen molar-refractivity contribution in [3.63, 3.8) is 0 Å². The molecular weight excluding hydrogens is 250 g/mol. The summed E-state index contributed by atoms with van der Waals surface area (Å²) in [5, 5.41) is 18.5. The Morgan fingerprint density at radius 2 is 1.84 bits per heavy atom. The minimum Gasteiger partial charge on any atom is -0.508 e. The molecule has 0 heterocycles. The number of carboxylic acid groups (broad SMARTS) is 1. The first-order chi connectivity index (χ1) is 8.91. The van der Waals surface area contributed by atoms with Crippen LogP contribution in [-0.4, -0.2) is 42.2 Å². The van der Waals surface area contributed by atoms with Gasteiger partial charge in [-0.3, -0.25) is 4.79 Å². The van der Waals surface area contributed by atoms with Crippen LogP contribution in [0.15, 0.2) is 24.3 Å². The van der Waals surface area contributed by atoms with Crippen LogP contribution in [0.1, 0.15) is 12.0 Å². The molecule has 0 saturated carbocycles. The lowest BCUT2D eigenvalue weighted by Crippen LogP contribution is -2.52. The molecule has 6 nitrogen and oxygen atoms in total. The number of rotatable bonds is 7. The molecule has 1 atom stereocenters. The number of phenols is 1. The molecule has 0 amide bonds. The first-order valence-corrected chi connectivity index (χ1v) is 5.77. The summed E-state index contributed by atoms with van der Waals surface area (Å²) in [6.45, 7) is 0. The summed E-state index contributed by atoms with van der Waals surface area (Å²) >= 11 is 0. The van der Waals surface area contributed by atoms with Crippen LogP contribution in [0.5, 0.6) is 5.75 Å². The Morgan fingerprint density at radius 3 is 2.26 bits per heavy atom. The van der Waals surface area contributed by atoms with Crippen molar-refractivity contribution in [1.29, 1.82) is 0 Å². The molecule has 4 N–H and O–H groups in total. The van der Waals surface area contributed by atoms with Crippen LogP contribution in [0, 0.1) is 0 Å². The molecule has 1 rings (SSSR count). The maximum Gasteiger partial charge on any atom is 0.324 e. The van der Waals surface area contributed by atoms with Gasteiger partial charge in [0.2, 0.25) is 0 Å². The number of hydrogen-bond acceptors (Lipinski definition) is 5. The quantitative estimate of drug-likeness (QED) is 0.631. The van der Waals surface area contributed by atoms with E-state index in [0.717, 1.165) is 0 Å². The van der Waals surface area contributed by atoms with Gasteiger partial charge in [0, 0.05) is 27.1 Å². The van der Waals surface area contributed by atoms with E-state index in [9.17, 15) is 15.0 Å². The Morgan fingerprint density at radius 1 is 1.32 bits per heavy atom. The number of carboxylic acids is 1. The van der Waals surface area contributed by atoms with Crippen molar-refractivity contribution < 1.29 is 24.5 Å². The molecule has 0 bridgehead atoms. The number of nitrogens with two attached hydrogens (primary N) is 1. The van der Waals surface area contributed by atoms with Gasteiger partial charge in [0.25, 0.3) is 0 Å². The van der Waals surface area contributed by atoms with Crippen LogP contribution in [-0.2, 0) is 20.7 Å². The number of benzene rings is 1. The van der Waals surface area contributed by atoms with Crippen LogP contribution >= 0.6 is 0 Å². The highest BCUT2D eigenvalue weighted by Gasteiger charge is 2.37. The van der Waals surface area contributed by atoms with E-state index in [-0.39, 0.29) is 18.6 Å². The summed E-state index contributed by atoms with van der Waals surface area (Å²) in [4.78, 5) is 11.4. The van der Waals surface area contributed by atoms with Gasteiger partial charge in [-0.1, -0.05) is 12.1 Å². The Labute approximate surface area is 111 Å². The summed E-state index contributed by atoms with van der Waals surface area (Å²) in [6, 6.07) is 6.24. The van der Waals surface area contributed by atoms with Crippen molar-refractivity contribution in [2.24, 2.45) is 5.73 Å². The van der Waals surface area contributed by atoms with E-state index in [1.807, 2.05) is 0 Å². The van der Waals surface area contributed by atoms with E-state index in [0.29, 0.717) is 5.56 Å². The number of ether oxygens (including phenoxy) is 2. The zero-order valence-electron chi connectivity index (χ0n) is 11.0. The highest BCUT2D eigenvalue weighted by atomic mass is 16.7. The molecule has 19 heavy (non-hydrogen) atoms. The molecule has 0 aliphatic rings. The second-order valence-corrected chi connectivity index (χ2v) is 4.41. The molecule has 106 valence electrons. The smallest absolute Gasteiger partial charge is 0.324 e. The van der Waals surface area contributed by atoms with Gasteiger partial charge in [-0.2, -0.15) is 0 Å². The van der Waals surface area contributed by atoms with E-state index in [4.69, 9.17) is 15.2 Å². The zero-order valence-corrected chi connectivity index (χ0v) is 11.0. The molecular formula is C13H19NO5. The number of aliphatic carboxylic acids is 1. The molecule has 0 spiro atoms. The lowest BCUT2D eigenvalue weighted by atomic mass is 9.88. The minimum atomic E-state index is -1.49. The molecule has 0 aromatic heterocycles. The first kappa shape index (κ1) is 15.4. The van der Waals surface area contributed by atoms with Crippen LogP contribution < -0.4 is 5.73 Å². The van der Waals surface area contributed by atoms with Crippen LogP contribution in [0.25, 0.3) is 0 Å². The van der Waals surface area contributed by atoms with Gasteiger partial charge in [-0.25, -0.2) is 0 Å². The molecule has 0 aliphatic heterocycles. The third-order valence-electron chi connectivity index (χ3n) is 2.94. The summed E-state index contributed by atoms with van der Waals surface area (Å²) in [5.74, 6) is -1.01. The lowest BCUT2D eigenvalue weighted by molar-refractivity contribution is -0.153. The summed E-state index contributed by atoms with van der Waals surface area (Å²) in [5.41, 5.74) is 5.16. The number of phenolic OH excluding ortho intramolecular Hbond substituents is 1. The summed E-state index contributed by atoms with van der Waals surface area (Å²) < 4.78 is 9.99. The Bertz CT molecular complexity index is 416. The van der Waals surface area contributed by atoms with Crippen LogP contribution in [0.3, 0.4) is 0 Å². The third kappa shape index (κ3) is 4.20. The average Bonchev–Trinajstić information content (AvgIpc) is 2.38. The van der Waals surface area contributed by atoms with Gasteiger partial charge >= 0.3 is 5.97 Å². The Kier molecular flexibility index (Phi) is 5.29. The number of carbonyl (C=O) groups is 1. The SMILES string of the molecule is COC(C[C@](N)(Cc1ccc(O)cc1)C(=O)O)OC. The van der Waals surface area contributed by atoms with Gasteiger partial charge in [-0.15, -0.1) is 0 Å². The van der Waals surface area contributed by atoms with Crippen molar-refractivity contribution in [1.82, 2.24) is 0 Å².